The van der Waals surface area contributed by atoms with E-state index in [1.165, 1.54) is 37.1 Å². The SMILES string of the molecule is CC(C)C(CCN)CCCN(C)C(C)Cc1cccs1. The molecule has 0 radical (unpaired) electrons. The summed E-state index contributed by atoms with van der Waals surface area (Å²) >= 11 is 1.87. The number of likely N-dealkylation sites (N-methyl/N-ethyl adjacent to an activating group) is 1. The third kappa shape index (κ3) is 6.38. The summed E-state index contributed by atoms with van der Waals surface area (Å²) in [5.74, 6) is 1.55. The quantitative estimate of drug-likeness (QED) is 0.707. The number of nitrogens with zero attached hydrogens (tertiary/aromatic N) is 1. The molecule has 1 rings (SSSR count). The molecule has 2 nitrogen and oxygen atoms in total. The third-order valence-electron chi connectivity index (χ3n) is 4.40. The van der Waals surface area contributed by atoms with Gasteiger partial charge in [-0.1, -0.05) is 19.9 Å². The van der Waals surface area contributed by atoms with Crippen molar-refractivity contribution in [1.29, 1.82) is 0 Å². The Morgan fingerprint density at radius 2 is 2.00 bits per heavy atom. The Bertz CT molecular complexity index is 335. The first-order valence-corrected chi connectivity index (χ1v) is 8.85. The molecule has 3 heteroatoms. The minimum atomic E-state index is 0.626. The monoisotopic (exact) mass is 296 g/mol. The fraction of sp³-hybridized carbons (Fsp3) is 0.765. The highest BCUT2D eigenvalue weighted by Gasteiger charge is 2.14. The number of nitrogens with two attached hydrogens (primary N) is 1. The molecule has 1 aromatic rings. The molecule has 0 saturated carbocycles. The van der Waals surface area contributed by atoms with E-state index in [0.717, 1.165) is 18.4 Å². The molecule has 2 atom stereocenters. The number of hydrogen-bond acceptors (Lipinski definition) is 3. The van der Waals surface area contributed by atoms with Crippen LogP contribution in [0.4, 0.5) is 0 Å². The zero-order valence-electron chi connectivity index (χ0n) is 13.6. The van der Waals surface area contributed by atoms with Gasteiger partial charge in [0.15, 0.2) is 0 Å². The maximum absolute atomic E-state index is 5.71. The highest BCUT2D eigenvalue weighted by atomic mass is 32.1. The summed E-state index contributed by atoms with van der Waals surface area (Å²) in [4.78, 5) is 3.99. The van der Waals surface area contributed by atoms with E-state index in [0.29, 0.717) is 6.04 Å². The molecule has 0 saturated heterocycles. The van der Waals surface area contributed by atoms with Crippen molar-refractivity contribution < 1.29 is 0 Å². The average molecular weight is 297 g/mol. The van der Waals surface area contributed by atoms with Gasteiger partial charge in [0.25, 0.3) is 0 Å². The Kier molecular flexibility index (Phi) is 8.43. The van der Waals surface area contributed by atoms with Crippen molar-refractivity contribution in [3.63, 3.8) is 0 Å². The molecule has 20 heavy (non-hydrogen) atoms. The first kappa shape index (κ1) is 17.7. The van der Waals surface area contributed by atoms with Crippen molar-refractivity contribution in [1.82, 2.24) is 4.90 Å². The molecular weight excluding hydrogens is 264 g/mol. The number of thiophene rings is 1. The lowest BCUT2D eigenvalue weighted by Gasteiger charge is -2.26. The van der Waals surface area contributed by atoms with E-state index in [2.05, 4.69) is 50.2 Å². The first-order chi connectivity index (χ1) is 9.54. The van der Waals surface area contributed by atoms with Gasteiger partial charge in [-0.05, 0) is 76.0 Å². The van der Waals surface area contributed by atoms with E-state index in [9.17, 15) is 0 Å². The molecule has 2 N–H and O–H groups in total. The maximum Gasteiger partial charge on any atom is 0.0112 e. The Morgan fingerprint density at radius 3 is 2.55 bits per heavy atom. The summed E-state index contributed by atoms with van der Waals surface area (Å²) in [7, 11) is 2.26. The molecule has 116 valence electrons. The van der Waals surface area contributed by atoms with Crippen LogP contribution in [-0.2, 0) is 6.42 Å². The van der Waals surface area contributed by atoms with Crippen LogP contribution >= 0.6 is 11.3 Å². The van der Waals surface area contributed by atoms with Crippen LogP contribution in [0.1, 0.15) is 44.9 Å². The Balaban J connectivity index is 2.26. The van der Waals surface area contributed by atoms with Crippen LogP contribution in [0.15, 0.2) is 17.5 Å². The summed E-state index contributed by atoms with van der Waals surface area (Å²) in [6, 6.07) is 5.01. The second kappa shape index (κ2) is 9.54. The topological polar surface area (TPSA) is 29.3 Å². The lowest BCUT2D eigenvalue weighted by Crippen LogP contribution is -2.32. The number of hydrogen-bond donors (Lipinski definition) is 1. The van der Waals surface area contributed by atoms with E-state index in [-0.39, 0.29) is 0 Å². The lowest BCUT2D eigenvalue weighted by atomic mass is 9.88. The van der Waals surface area contributed by atoms with E-state index < -0.39 is 0 Å². The van der Waals surface area contributed by atoms with E-state index in [4.69, 9.17) is 5.73 Å². The fourth-order valence-corrected chi connectivity index (χ4v) is 3.55. The second-order valence-corrected chi connectivity index (χ2v) is 7.37. The van der Waals surface area contributed by atoms with Gasteiger partial charge in [-0.3, -0.25) is 0 Å². The van der Waals surface area contributed by atoms with Crippen molar-refractivity contribution in [2.75, 3.05) is 20.1 Å². The predicted molar refractivity (Wildman–Crippen MR) is 91.3 cm³/mol. The fourth-order valence-electron chi connectivity index (χ4n) is 2.72. The molecule has 0 aromatic carbocycles. The van der Waals surface area contributed by atoms with Gasteiger partial charge in [-0.25, -0.2) is 0 Å². The molecule has 1 heterocycles. The normalized spacial score (nSPS) is 14.9. The molecule has 0 fully saturated rings. The highest BCUT2D eigenvalue weighted by Crippen LogP contribution is 2.21. The zero-order valence-corrected chi connectivity index (χ0v) is 14.5. The van der Waals surface area contributed by atoms with Crippen molar-refractivity contribution in [2.24, 2.45) is 17.6 Å². The summed E-state index contributed by atoms with van der Waals surface area (Å²) in [6.45, 7) is 9.00. The predicted octanol–water partition coefficient (Wildman–Crippen LogP) is 4.01. The van der Waals surface area contributed by atoms with Crippen molar-refractivity contribution in [3.05, 3.63) is 22.4 Å². The van der Waals surface area contributed by atoms with Gasteiger partial charge in [0.05, 0.1) is 0 Å². The van der Waals surface area contributed by atoms with E-state index in [1.807, 2.05) is 11.3 Å². The molecule has 0 amide bonds. The Hall–Kier alpha value is -0.380. The van der Waals surface area contributed by atoms with Gasteiger partial charge < -0.3 is 10.6 Å². The zero-order chi connectivity index (χ0) is 15.0. The molecular formula is C17H32N2S. The van der Waals surface area contributed by atoms with Gasteiger partial charge in [0.1, 0.15) is 0 Å². The molecule has 0 aliphatic heterocycles. The second-order valence-electron chi connectivity index (χ2n) is 6.34. The van der Waals surface area contributed by atoms with Crippen LogP contribution in [0.2, 0.25) is 0 Å². The van der Waals surface area contributed by atoms with Crippen LogP contribution in [0.5, 0.6) is 0 Å². The molecule has 0 aliphatic rings. The number of rotatable bonds is 10. The summed E-state index contributed by atoms with van der Waals surface area (Å²) in [5, 5.41) is 2.17. The van der Waals surface area contributed by atoms with Gasteiger partial charge in [0.2, 0.25) is 0 Å². The van der Waals surface area contributed by atoms with Crippen molar-refractivity contribution >= 4 is 11.3 Å². The lowest BCUT2D eigenvalue weighted by molar-refractivity contribution is 0.235. The van der Waals surface area contributed by atoms with Crippen LogP contribution in [0, 0.1) is 11.8 Å². The van der Waals surface area contributed by atoms with Crippen molar-refractivity contribution in [3.8, 4) is 0 Å². The Morgan fingerprint density at radius 1 is 1.25 bits per heavy atom. The minimum Gasteiger partial charge on any atom is -0.330 e. The van der Waals surface area contributed by atoms with Gasteiger partial charge in [0, 0.05) is 10.9 Å². The standard InChI is InChI=1S/C17H32N2S/c1-14(2)16(9-10-18)7-5-11-19(4)15(3)13-17-8-6-12-20-17/h6,8,12,14-16H,5,7,9-11,13,18H2,1-4H3. The average Bonchev–Trinajstić information content (AvgIpc) is 2.90. The molecule has 2 unspecified atom stereocenters. The van der Waals surface area contributed by atoms with Crippen LogP contribution in [-0.4, -0.2) is 31.1 Å². The summed E-state index contributed by atoms with van der Waals surface area (Å²) in [6.07, 6.45) is 4.94. The Labute approximate surface area is 129 Å². The molecule has 1 aromatic heterocycles. The van der Waals surface area contributed by atoms with Gasteiger partial charge in [-0.15, -0.1) is 11.3 Å². The van der Waals surface area contributed by atoms with Gasteiger partial charge in [-0.2, -0.15) is 0 Å². The van der Waals surface area contributed by atoms with Crippen molar-refractivity contribution in [2.45, 2.75) is 52.5 Å². The largest absolute Gasteiger partial charge is 0.330 e. The first-order valence-electron chi connectivity index (χ1n) is 7.97. The smallest absolute Gasteiger partial charge is 0.0112 e. The van der Waals surface area contributed by atoms with Gasteiger partial charge >= 0.3 is 0 Å². The summed E-state index contributed by atoms with van der Waals surface area (Å²) < 4.78 is 0. The molecule has 0 aliphatic carbocycles. The highest BCUT2D eigenvalue weighted by molar-refractivity contribution is 7.09. The minimum absolute atomic E-state index is 0.626. The maximum atomic E-state index is 5.71. The summed E-state index contributed by atoms with van der Waals surface area (Å²) in [5.41, 5.74) is 5.71. The van der Waals surface area contributed by atoms with Crippen LogP contribution in [0.3, 0.4) is 0 Å². The van der Waals surface area contributed by atoms with E-state index in [1.54, 1.807) is 0 Å². The molecule has 0 spiro atoms. The van der Waals surface area contributed by atoms with Crippen LogP contribution < -0.4 is 5.73 Å². The van der Waals surface area contributed by atoms with E-state index >= 15 is 0 Å². The van der Waals surface area contributed by atoms with Crippen LogP contribution in [0.25, 0.3) is 0 Å². The third-order valence-corrected chi connectivity index (χ3v) is 5.29. The molecule has 0 bridgehead atoms.